The Labute approximate surface area is 112 Å². The third kappa shape index (κ3) is 4.41. The first kappa shape index (κ1) is 15.2. The lowest BCUT2D eigenvalue weighted by Gasteiger charge is -2.23. The molecule has 0 aliphatic heterocycles. The summed E-state index contributed by atoms with van der Waals surface area (Å²) < 4.78 is 12.8. The second kappa shape index (κ2) is 7.52. The van der Waals surface area contributed by atoms with E-state index in [0.717, 1.165) is 12.8 Å². The molecule has 0 atom stereocenters. The molecule has 0 saturated carbocycles. The number of hydrogen-bond acceptors (Lipinski definition) is 0. The van der Waals surface area contributed by atoms with Crippen LogP contribution >= 0.6 is 0 Å². The van der Waals surface area contributed by atoms with Crippen LogP contribution in [0.2, 0.25) is 18.1 Å². The van der Waals surface area contributed by atoms with Gasteiger partial charge in [0.05, 0.1) is 8.07 Å². The Bertz CT molecular complexity index is 355. The van der Waals surface area contributed by atoms with Crippen LogP contribution in [0.15, 0.2) is 36.0 Å². The van der Waals surface area contributed by atoms with Crippen LogP contribution in [0, 0.1) is 5.82 Å². The van der Waals surface area contributed by atoms with Gasteiger partial charge >= 0.3 is 0 Å². The number of allylic oxidation sites excluding steroid dienone is 1. The zero-order chi connectivity index (χ0) is 13.4. The minimum atomic E-state index is -1.11. The number of rotatable bonds is 7. The molecule has 0 heterocycles. The van der Waals surface area contributed by atoms with Crippen molar-refractivity contribution in [2.75, 3.05) is 0 Å². The Balaban J connectivity index is 2.47. The Hall–Kier alpha value is -0.893. The molecular weight excluding hydrogens is 239 g/mol. The molecule has 0 radical (unpaired) electrons. The van der Waals surface area contributed by atoms with E-state index in [9.17, 15) is 4.39 Å². The molecule has 0 aromatic heterocycles. The van der Waals surface area contributed by atoms with E-state index < -0.39 is 8.07 Å². The summed E-state index contributed by atoms with van der Waals surface area (Å²) in [6.07, 6.45) is 4.44. The molecule has 0 spiro atoms. The van der Waals surface area contributed by atoms with E-state index in [1.807, 2.05) is 12.1 Å². The van der Waals surface area contributed by atoms with Gasteiger partial charge in [-0.1, -0.05) is 62.8 Å². The maximum absolute atomic E-state index is 12.8. The minimum absolute atomic E-state index is 0.149. The highest BCUT2D eigenvalue weighted by Gasteiger charge is 2.22. The summed E-state index contributed by atoms with van der Waals surface area (Å²) >= 11 is 0. The maximum atomic E-state index is 12.8. The van der Waals surface area contributed by atoms with Gasteiger partial charge in [-0.15, -0.1) is 0 Å². The molecule has 0 aliphatic carbocycles. The molecule has 0 amide bonds. The van der Waals surface area contributed by atoms with Crippen LogP contribution in [0.4, 0.5) is 4.39 Å². The highest BCUT2D eigenvalue weighted by atomic mass is 28.3. The van der Waals surface area contributed by atoms with Gasteiger partial charge in [0, 0.05) is 0 Å². The third-order valence-corrected chi connectivity index (χ3v) is 9.26. The summed E-state index contributed by atoms with van der Waals surface area (Å²) in [6, 6.07) is 10.9. The lowest BCUT2D eigenvalue weighted by atomic mass is 10.1. The lowest BCUT2D eigenvalue weighted by molar-refractivity contribution is 0.627. The lowest BCUT2D eigenvalue weighted by Crippen LogP contribution is -2.28. The van der Waals surface area contributed by atoms with E-state index in [-0.39, 0.29) is 5.82 Å². The predicted octanol–water partition coefficient (Wildman–Crippen LogP) is 5.36. The minimum Gasteiger partial charge on any atom is -0.207 e. The summed E-state index contributed by atoms with van der Waals surface area (Å²) in [5.41, 5.74) is 3.74. The molecule has 0 unspecified atom stereocenters. The van der Waals surface area contributed by atoms with Crippen molar-refractivity contribution in [2.24, 2.45) is 0 Å². The Kier molecular flexibility index (Phi) is 6.34. The molecule has 0 saturated heterocycles. The van der Waals surface area contributed by atoms with Gasteiger partial charge in [-0.05, 0) is 30.5 Å². The molecule has 2 heteroatoms. The van der Waals surface area contributed by atoms with Crippen LogP contribution in [0.25, 0.3) is 0 Å². The molecule has 0 N–H and O–H groups in total. The normalized spacial score (nSPS) is 12.2. The third-order valence-electron chi connectivity index (χ3n) is 4.10. The topological polar surface area (TPSA) is 0 Å². The van der Waals surface area contributed by atoms with Crippen molar-refractivity contribution in [3.05, 3.63) is 47.4 Å². The first-order valence-corrected chi connectivity index (χ1v) is 9.77. The highest BCUT2D eigenvalue weighted by molar-refractivity contribution is 6.84. The monoisotopic (exact) mass is 264 g/mol. The summed E-state index contributed by atoms with van der Waals surface area (Å²) in [6.45, 7) is 6.97. The highest BCUT2D eigenvalue weighted by Crippen LogP contribution is 2.21. The van der Waals surface area contributed by atoms with Crippen molar-refractivity contribution in [3.63, 3.8) is 0 Å². The molecule has 100 valence electrons. The van der Waals surface area contributed by atoms with Crippen molar-refractivity contribution >= 4 is 8.07 Å². The Morgan fingerprint density at radius 2 is 1.56 bits per heavy atom. The fourth-order valence-corrected chi connectivity index (χ4v) is 5.21. The van der Waals surface area contributed by atoms with Crippen molar-refractivity contribution in [2.45, 2.75) is 51.7 Å². The molecule has 1 aromatic carbocycles. The molecular formula is C16H25FSi. The quantitative estimate of drug-likeness (QED) is 0.581. The second-order valence-electron chi connectivity index (χ2n) is 4.99. The van der Waals surface area contributed by atoms with Crippen LogP contribution in [0.5, 0.6) is 0 Å². The van der Waals surface area contributed by atoms with Crippen LogP contribution in [0.3, 0.4) is 0 Å². The van der Waals surface area contributed by atoms with Crippen molar-refractivity contribution < 1.29 is 4.39 Å². The number of halogens is 1. The zero-order valence-electron chi connectivity index (χ0n) is 11.9. The summed E-state index contributed by atoms with van der Waals surface area (Å²) in [5.74, 6) is -0.149. The van der Waals surface area contributed by atoms with Crippen molar-refractivity contribution in [1.82, 2.24) is 0 Å². The second-order valence-corrected chi connectivity index (χ2v) is 10.2. The standard InChI is InChI=1S/C16H25FSi/c1-4-18(5-2,6-3)14-8-7-9-15-10-12-16(17)13-11-15/h8,10-14H,4-7,9H2,1-3H3/b14-8+. The fraction of sp³-hybridized carbons (Fsp3) is 0.500. The smallest absolute Gasteiger partial charge is 0.123 e. The summed E-state index contributed by atoms with van der Waals surface area (Å²) in [7, 11) is -1.11. The first-order chi connectivity index (χ1) is 8.65. The van der Waals surface area contributed by atoms with Crippen molar-refractivity contribution in [3.8, 4) is 0 Å². The molecule has 0 nitrogen and oxygen atoms in total. The first-order valence-electron chi connectivity index (χ1n) is 7.08. The largest absolute Gasteiger partial charge is 0.207 e. The fourth-order valence-electron chi connectivity index (χ4n) is 2.34. The molecule has 1 aromatic rings. The SMILES string of the molecule is CC[Si](/C=C/CCc1ccc(F)cc1)(CC)CC. The van der Waals surface area contributed by atoms with E-state index in [2.05, 4.69) is 32.5 Å². The van der Waals surface area contributed by atoms with Gasteiger partial charge in [0.1, 0.15) is 5.82 Å². The average molecular weight is 264 g/mol. The molecule has 1 rings (SSSR count). The van der Waals surface area contributed by atoms with Gasteiger partial charge in [-0.3, -0.25) is 0 Å². The van der Waals surface area contributed by atoms with E-state index in [0.29, 0.717) is 0 Å². The van der Waals surface area contributed by atoms with Gasteiger partial charge in [-0.2, -0.15) is 0 Å². The maximum Gasteiger partial charge on any atom is 0.123 e. The summed E-state index contributed by atoms with van der Waals surface area (Å²) in [4.78, 5) is 0. The van der Waals surface area contributed by atoms with Gasteiger partial charge < -0.3 is 0 Å². The van der Waals surface area contributed by atoms with Crippen LogP contribution < -0.4 is 0 Å². The van der Waals surface area contributed by atoms with Crippen LogP contribution in [-0.2, 0) is 6.42 Å². The van der Waals surface area contributed by atoms with Gasteiger partial charge in [0.25, 0.3) is 0 Å². The molecule has 0 bridgehead atoms. The van der Waals surface area contributed by atoms with Crippen LogP contribution in [-0.4, -0.2) is 8.07 Å². The zero-order valence-corrected chi connectivity index (χ0v) is 12.9. The number of hydrogen-bond donors (Lipinski definition) is 0. The number of aryl methyl sites for hydroxylation is 1. The van der Waals surface area contributed by atoms with Gasteiger partial charge in [-0.25, -0.2) is 4.39 Å². The predicted molar refractivity (Wildman–Crippen MR) is 81.1 cm³/mol. The Morgan fingerprint density at radius 3 is 2.06 bits per heavy atom. The van der Waals surface area contributed by atoms with E-state index in [1.165, 1.54) is 23.7 Å². The van der Waals surface area contributed by atoms with E-state index in [4.69, 9.17) is 0 Å². The van der Waals surface area contributed by atoms with E-state index >= 15 is 0 Å². The van der Waals surface area contributed by atoms with Gasteiger partial charge in [0.2, 0.25) is 0 Å². The van der Waals surface area contributed by atoms with Gasteiger partial charge in [0.15, 0.2) is 0 Å². The molecule has 0 aliphatic rings. The molecule has 0 fully saturated rings. The summed E-state index contributed by atoms with van der Waals surface area (Å²) in [5, 5.41) is 0. The number of benzene rings is 1. The average Bonchev–Trinajstić information content (AvgIpc) is 2.42. The van der Waals surface area contributed by atoms with Crippen molar-refractivity contribution in [1.29, 1.82) is 0 Å². The van der Waals surface area contributed by atoms with E-state index in [1.54, 1.807) is 12.1 Å². The Morgan fingerprint density at radius 1 is 1.00 bits per heavy atom. The molecule has 18 heavy (non-hydrogen) atoms. The van der Waals surface area contributed by atoms with Crippen LogP contribution in [0.1, 0.15) is 32.8 Å².